The first-order valence-corrected chi connectivity index (χ1v) is 7.80. The Balaban J connectivity index is 0.00000132. The molecule has 1 aliphatic heterocycles. The van der Waals surface area contributed by atoms with Crippen LogP contribution in [0.1, 0.15) is 23.0 Å². The number of nitrogens with zero attached hydrogens (tertiary/aromatic N) is 3. The Bertz CT molecular complexity index is 625. The van der Waals surface area contributed by atoms with E-state index in [4.69, 9.17) is 0 Å². The molecule has 2 unspecified atom stereocenters. The summed E-state index contributed by atoms with van der Waals surface area (Å²) in [4.78, 5) is 25.4. The fourth-order valence-corrected chi connectivity index (χ4v) is 3.13. The van der Waals surface area contributed by atoms with E-state index in [1.807, 2.05) is 0 Å². The van der Waals surface area contributed by atoms with Crippen LogP contribution in [-0.2, 0) is 0 Å². The van der Waals surface area contributed by atoms with E-state index in [-0.39, 0.29) is 36.8 Å². The number of thiazole rings is 1. The molecule has 2 N–H and O–H groups in total. The normalized spacial score (nSPS) is 20.0. The number of rotatable bonds is 3. The van der Waals surface area contributed by atoms with Gasteiger partial charge in [0.1, 0.15) is 4.88 Å². The van der Waals surface area contributed by atoms with E-state index in [2.05, 4.69) is 32.5 Å². The number of carbonyl (C=O) groups excluding carboxylic acids is 1. The van der Waals surface area contributed by atoms with Gasteiger partial charge >= 0.3 is 0 Å². The van der Waals surface area contributed by atoms with Crippen molar-refractivity contribution < 1.29 is 4.79 Å². The molecule has 126 valence electrons. The van der Waals surface area contributed by atoms with Gasteiger partial charge in [-0.25, -0.2) is 15.0 Å². The van der Waals surface area contributed by atoms with Gasteiger partial charge in [-0.05, 0) is 31.5 Å². The maximum Gasteiger partial charge on any atom is 0.263 e. The largest absolute Gasteiger partial charge is 0.348 e. The van der Waals surface area contributed by atoms with Crippen molar-refractivity contribution in [3.05, 3.63) is 29.5 Å². The number of amides is 1. The van der Waals surface area contributed by atoms with Crippen molar-refractivity contribution in [1.82, 2.24) is 25.6 Å². The molecule has 0 saturated carbocycles. The predicted molar refractivity (Wildman–Crippen MR) is 95.5 cm³/mol. The first kappa shape index (κ1) is 19.8. The van der Waals surface area contributed by atoms with E-state index in [0.717, 1.165) is 19.5 Å². The monoisotopic (exact) mass is 375 g/mol. The van der Waals surface area contributed by atoms with Crippen LogP contribution in [0.5, 0.6) is 0 Å². The molecule has 3 heterocycles. The molecule has 1 aliphatic rings. The molecule has 2 aromatic heterocycles. The molecule has 0 bridgehead atoms. The molecular weight excluding hydrogens is 357 g/mol. The van der Waals surface area contributed by atoms with Gasteiger partial charge in [-0.3, -0.25) is 4.79 Å². The summed E-state index contributed by atoms with van der Waals surface area (Å²) in [5, 5.41) is 7.09. The fraction of sp³-hybridized carbons (Fsp3) is 0.429. The lowest BCUT2D eigenvalue weighted by atomic mass is 9.95. The molecule has 0 radical (unpaired) electrons. The molecule has 6 nitrogen and oxygen atoms in total. The van der Waals surface area contributed by atoms with E-state index in [1.165, 1.54) is 11.3 Å². The van der Waals surface area contributed by atoms with Gasteiger partial charge in [-0.15, -0.1) is 36.2 Å². The minimum Gasteiger partial charge on any atom is -0.348 e. The first-order valence-electron chi connectivity index (χ1n) is 6.99. The Hall–Kier alpha value is -1.28. The van der Waals surface area contributed by atoms with Crippen molar-refractivity contribution in [3.8, 4) is 10.8 Å². The third-order valence-electron chi connectivity index (χ3n) is 3.59. The van der Waals surface area contributed by atoms with Crippen LogP contribution in [0.15, 0.2) is 24.7 Å². The Labute approximate surface area is 151 Å². The summed E-state index contributed by atoms with van der Waals surface area (Å²) in [5.74, 6) is 0.928. The lowest BCUT2D eigenvalue weighted by Gasteiger charge is -2.29. The van der Waals surface area contributed by atoms with Crippen LogP contribution >= 0.6 is 36.2 Å². The minimum atomic E-state index is -0.0616. The number of carbonyl (C=O) groups is 1. The Morgan fingerprint density at radius 3 is 2.74 bits per heavy atom. The van der Waals surface area contributed by atoms with Crippen LogP contribution in [0.3, 0.4) is 0 Å². The van der Waals surface area contributed by atoms with E-state index >= 15 is 0 Å². The maximum atomic E-state index is 12.3. The van der Waals surface area contributed by atoms with Crippen LogP contribution in [0.25, 0.3) is 10.8 Å². The van der Waals surface area contributed by atoms with Crippen molar-refractivity contribution in [1.29, 1.82) is 0 Å². The van der Waals surface area contributed by atoms with Crippen molar-refractivity contribution in [2.75, 3.05) is 13.1 Å². The Morgan fingerprint density at radius 2 is 2.04 bits per heavy atom. The smallest absolute Gasteiger partial charge is 0.263 e. The number of hydrogen-bond acceptors (Lipinski definition) is 6. The van der Waals surface area contributed by atoms with Gasteiger partial charge < -0.3 is 10.6 Å². The molecule has 2 aromatic rings. The molecule has 23 heavy (non-hydrogen) atoms. The molecule has 0 aliphatic carbocycles. The number of piperidine rings is 1. The third-order valence-corrected chi connectivity index (χ3v) is 4.58. The number of nitrogens with one attached hydrogen (secondary N) is 2. The molecule has 1 amide bonds. The lowest BCUT2D eigenvalue weighted by molar-refractivity contribution is 0.0918. The second-order valence-electron chi connectivity index (χ2n) is 5.15. The van der Waals surface area contributed by atoms with Crippen LogP contribution in [0.2, 0.25) is 0 Å². The van der Waals surface area contributed by atoms with Crippen LogP contribution in [-0.4, -0.2) is 40.0 Å². The topological polar surface area (TPSA) is 79.8 Å². The zero-order valence-corrected chi connectivity index (χ0v) is 15.0. The van der Waals surface area contributed by atoms with Gasteiger partial charge in [-0.1, -0.05) is 6.92 Å². The van der Waals surface area contributed by atoms with Gasteiger partial charge in [0, 0.05) is 18.4 Å². The quantitative estimate of drug-likeness (QED) is 0.858. The number of halogens is 2. The molecule has 1 fully saturated rings. The molecule has 2 atom stereocenters. The highest BCUT2D eigenvalue weighted by molar-refractivity contribution is 7.16. The standard InChI is InChI=1S/C14H17N5OS.2ClH/c1-9-7-15-6-3-10(9)19-13(20)11-8-18-14(21-11)12-16-4-2-5-17-12;;/h2,4-5,8-10,15H,3,6-7H2,1H3,(H,19,20);2*1H. The van der Waals surface area contributed by atoms with E-state index in [1.54, 1.807) is 24.7 Å². The third kappa shape index (κ3) is 4.84. The molecule has 0 spiro atoms. The summed E-state index contributed by atoms with van der Waals surface area (Å²) in [6.45, 7) is 4.03. The minimum absolute atomic E-state index is 0. The van der Waals surface area contributed by atoms with Crippen molar-refractivity contribution in [2.24, 2.45) is 5.92 Å². The summed E-state index contributed by atoms with van der Waals surface area (Å²) in [7, 11) is 0. The number of aromatic nitrogens is 3. The van der Waals surface area contributed by atoms with Gasteiger partial charge in [0.2, 0.25) is 0 Å². The molecular formula is C14H19Cl2N5OS. The summed E-state index contributed by atoms with van der Waals surface area (Å²) in [6.07, 6.45) is 5.89. The average molecular weight is 376 g/mol. The second kappa shape index (κ2) is 9.12. The molecule has 1 saturated heterocycles. The summed E-state index contributed by atoms with van der Waals surface area (Å²) in [5.41, 5.74) is 0. The van der Waals surface area contributed by atoms with Gasteiger partial charge in [0.15, 0.2) is 10.8 Å². The van der Waals surface area contributed by atoms with E-state index in [0.29, 0.717) is 21.6 Å². The zero-order valence-electron chi connectivity index (χ0n) is 12.6. The molecule has 0 aromatic carbocycles. The summed E-state index contributed by atoms with van der Waals surface area (Å²) < 4.78 is 0. The average Bonchev–Trinajstić information content (AvgIpc) is 3.00. The van der Waals surface area contributed by atoms with E-state index in [9.17, 15) is 4.79 Å². The highest BCUT2D eigenvalue weighted by atomic mass is 35.5. The maximum absolute atomic E-state index is 12.3. The highest BCUT2D eigenvalue weighted by Gasteiger charge is 2.24. The zero-order chi connectivity index (χ0) is 14.7. The van der Waals surface area contributed by atoms with Gasteiger partial charge in [0.25, 0.3) is 5.91 Å². The van der Waals surface area contributed by atoms with Crippen molar-refractivity contribution >= 4 is 42.1 Å². The molecule has 9 heteroatoms. The van der Waals surface area contributed by atoms with Crippen LogP contribution < -0.4 is 10.6 Å². The van der Waals surface area contributed by atoms with E-state index < -0.39 is 0 Å². The van der Waals surface area contributed by atoms with Crippen molar-refractivity contribution in [3.63, 3.8) is 0 Å². The van der Waals surface area contributed by atoms with Gasteiger partial charge in [0.05, 0.1) is 6.20 Å². The summed E-state index contributed by atoms with van der Waals surface area (Å²) >= 11 is 1.32. The Morgan fingerprint density at radius 1 is 1.30 bits per heavy atom. The fourth-order valence-electron chi connectivity index (χ4n) is 2.36. The first-order chi connectivity index (χ1) is 10.2. The SMILES string of the molecule is CC1CNCCC1NC(=O)c1cnc(-c2ncccn2)s1.Cl.Cl. The molecule has 3 rings (SSSR count). The summed E-state index contributed by atoms with van der Waals surface area (Å²) in [6, 6.07) is 1.97. The Kier molecular flexibility index (Phi) is 7.84. The van der Waals surface area contributed by atoms with Crippen LogP contribution in [0.4, 0.5) is 0 Å². The van der Waals surface area contributed by atoms with Gasteiger partial charge in [-0.2, -0.15) is 0 Å². The second-order valence-corrected chi connectivity index (χ2v) is 6.18. The number of hydrogen-bond donors (Lipinski definition) is 2. The predicted octanol–water partition coefficient (Wildman–Crippen LogP) is 2.17. The highest BCUT2D eigenvalue weighted by Crippen LogP contribution is 2.22. The lowest BCUT2D eigenvalue weighted by Crippen LogP contribution is -2.48. The van der Waals surface area contributed by atoms with Crippen molar-refractivity contribution in [2.45, 2.75) is 19.4 Å². The van der Waals surface area contributed by atoms with Crippen LogP contribution in [0, 0.1) is 5.92 Å².